The molecule has 3 amide bonds. The summed E-state index contributed by atoms with van der Waals surface area (Å²) in [4.78, 5) is 44.1. The van der Waals surface area contributed by atoms with Gasteiger partial charge in [-0.2, -0.15) is 4.99 Å². The molecule has 0 bridgehead atoms. The maximum atomic E-state index is 12.4. The minimum atomic E-state index is -0.545. The number of hydrogen-bond acceptors (Lipinski definition) is 5. The summed E-state index contributed by atoms with van der Waals surface area (Å²) in [7, 11) is 0. The van der Waals surface area contributed by atoms with Crippen LogP contribution in [0.1, 0.15) is 46.1 Å². The number of carbonyl (C=O) groups excluding carboxylic acids is 3. The number of nitrogens with zero attached hydrogens (tertiary/aromatic N) is 3. The van der Waals surface area contributed by atoms with E-state index in [1.165, 1.54) is 0 Å². The number of carbonyl (C=O) groups is 3. The van der Waals surface area contributed by atoms with Crippen molar-refractivity contribution in [2.24, 2.45) is 4.99 Å². The van der Waals surface area contributed by atoms with Crippen molar-refractivity contribution in [2.45, 2.75) is 46.1 Å². The average Bonchev–Trinajstić information content (AvgIpc) is 2.75. The van der Waals surface area contributed by atoms with E-state index in [2.05, 4.69) is 10.3 Å². The third-order valence-electron chi connectivity index (χ3n) is 4.61. The van der Waals surface area contributed by atoms with Gasteiger partial charge in [-0.25, -0.2) is 9.59 Å². The van der Waals surface area contributed by atoms with Crippen LogP contribution in [0.2, 0.25) is 0 Å². The van der Waals surface area contributed by atoms with Crippen LogP contribution in [0.25, 0.3) is 0 Å². The van der Waals surface area contributed by atoms with Gasteiger partial charge in [-0.15, -0.1) is 0 Å². The Hall–Kier alpha value is -3.10. The lowest BCUT2D eigenvalue weighted by atomic mass is 10.1. The summed E-state index contributed by atoms with van der Waals surface area (Å²) < 4.78 is 10.3. The number of aliphatic imine (C=N–C) groups is 1. The molecule has 0 unspecified atom stereocenters. The smallest absolute Gasteiger partial charge is 0.410 e. The van der Waals surface area contributed by atoms with Crippen molar-refractivity contribution < 1.29 is 23.9 Å². The number of rotatable bonds is 6. The second-order valence-corrected chi connectivity index (χ2v) is 8.40. The zero-order chi connectivity index (χ0) is 23.6. The number of esters is 1. The third kappa shape index (κ3) is 8.56. The van der Waals surface area contributed by atoms with E-state index >= 15 is 0 Å². The highest BCUT2D eigenvalue weighted by Crippen LogP contribution is 2.14. The normalized spacial score (nSPS) is 14.7. The zero-order valence-electron chi connectivity index (χ0n) is 19.4. The second-order valence-electron chi connectivity index (χ2n) is 8.40. The van der Waals surface area contributed by atoms with Crippen molar-refractivity contribution in [3.8, 4) is 0 Å². The molecule has 1 fully saturated rings. The van der Waals surface area contributed by atoms with Crippen molar-refractivity contribution in [2.75, 3.05) is 39.3 Å². The summed E-state index contributed by atoms with van der Waals surface area (Å²) in [5, 5.41) is 2.73. The van der Waals surface area contributed by atoms with Crippen LogP contribution in [0, 0.1) is 0 Å². The first-order valence-corrected chi connectivity index (χ1v) is 11.0. The Morgan fingerprint density at radius 1 is 1.03 bits per heavy atom. The van der Waals surface area contributed by atoms with Gasteiger partial charge in [-0.3, -0.25) is 4.79 Å². The van der Waals surface area contributed by atoms with Crippen LogP contribution in [-0.2, 0) is 14.3 Å². The maximum absolute atomic E-state index is 12.4. The topological polar surface area (TPSA) is 101 Å². The number of benzene rings is 1. The van der Waals surface area contributed by atoms with Crippen molar-refractivity contribution in [3.05, 3.63) is 35.9 Å². The van der Waals surface area contributed by atoms with Crippen LogP contribution in [0.3, 0.4) is 0 Å². The SMILES string of the molecule is CCOC(=O)CCCNC(=O)N=C(c1ccccc1)N1CCN(C(=O)OC(C)(C)C)CC1. The number of urea groups is 1. The number of piperazine rings is 1. The predicted molar refractivity (Wildman–Crippen MR) is 122 cm³/mol. The molecule has 9 nitrogen and oxygen atoms in total. The van der Waals surface area contributed by atoms with Gasteiger partial charge in [-0.1, -0.05) is 30.3 Å². The maximum Gasteiger partial charge on any atom is 0.410 e. The van der Waals surface area contributed by atoms with Crippen LogP contribution in [0.15, 0.2) is 35.3 Å². The van der Waals surface area contributed by atoms with E-state index in [0.717, 1.165) is 5.56 Å². The van der Waals surface area contributed by atoms with Gasteiger partial charge in [0.25, 0.3) is 0 Å². The molecule has 1 N–H and O–H groups in total. The standard InChI is InChI=1S/C23H34N4O5/c1-5-31-19(28)12-9-13-24-21(29)25-20(18-10-7-6-8-11-18)26-14-16-27(17-15-26)22(30)32-23(2,3)4/h6-8,10-11H,5,9,12-17H2,1-4H3,(H,24,29). The van der Waals surface area contributed by atoms with E-state index < -0.39 is 11.6 Å². The molecule has 1 aliphatic heterocycles. The summed E-state index contributed by atoms with van der Waals surface area (Å²) in [5.41, 5.74) is 0.274. The molecule has 176 valence electrons. The van der Waals surface area contributed by atoms with Crippen molar-refractivity contribution in [1.29, 1.82) is 0 Å². The third-order valence-corrected chi connectivity index (χ3v) is 4.61. The molecule has 0 aromatic heterocycles. The molecule has 1 saturated heterocycles. The largest absolute Gasteiger partial charge is 0.466 e. The molecular formula is C23H34N4O5. The minimum absolute atomic E-state index is 0.246. The van der Waals surface area contributed by atoms with Gasteiger partial charge in [-0.05, 0) is 34.1 Å². The molecule has 1 aliphatic rings. The highest BCUT2D eigenvalue weighted by Gasteiger charge is 2.27. The van der Waals surface area contributed by atoms with Gasteiger partial charge in [0, 0.05) is 44.7 Å². The fourth-order valence-corrected chi connectivity index (χ4v) is 3.13. The van der Waals surface area contributed by atoms with E-state index in [1.54, 1.807) is 11.8 Å². The van der Waals surface area contributed by atoms with Gasteiger partial charge in [0.05, 0.1) is 6.61 Å². The first kappa shape index (κ1) is 25.2. The van der Waals surface area contributed by atoms with E-state index in [0.29, 0.717) is 51.6 Å². The molecular weight excluding hydrogens is 412 g/mol. The summed E-state index contributed by atoms with van der Waals surface area (Å²) in [6.07, 6.45) is 0.389. The molecule has 1 aromatic carbocycles. The fraction of sp³-hybridized carbons (Fsp3) is 0.565. The highest BCUT2D eigenvalue weighted by molar-refractivity contribution is 6.04. The molecule has 0 saturated carbocycles. The van der Waals surface area contributed by atoms with Gasteiger partial charge in [0.2, 0.25) is 0 Å². The molecule has 0 atom stereocenters. The summed E-state index contributed by atoms with van der Waals surface area (Å²) in [6, 6.07) is 9.00. The number of amides is 3. The summed E-state index contributed by atoms with van der Waals surface area (Å²) in [6.45, 7) is 9.96. The molecule has 0 aliphatic carbocycles. The molecule has 32 heavy (non-hydrogen) atoms. The van der Waals surface area contributed by atoms with E-state index in [-0.39, 0.29) is 18.5 Å². The lowest BCUT2D eigenvalue weighted by Gasteiger charge is -2.37. The second kappa shape index (κ2) is 12.1. The van der Waals surface area contributed by atoms with E-state index in [1.807, 2.05) is 56.0 Å². The van der Waals surface area contributed by atoms with Crippen molar-refractivity contribution in [1.82, 2.24) is 15.1 Å². The molecule has 2 rings (SSSR count). The van der Waals surface area contributed by atoms with Crippen LogP contribution in [-0.4, -0.2) is 78.7 Å². The Balaban J connectivity index is 1.99. The number of amidine groups is 1. The minimum Gasteiger partial charge on any atom is -0.466 e. The Labute approximate surface area is 189 Å². The Morgan fingerprint density at radius 3 is 2.25 bits per heavy atom. The monoisotopic (exact) mass is 446 g/mol. The van der Waals surface area contributed by atoms with Crippen LogP contribution in [0.4, 0.5) is 9.59 Å². The Kier molecular flexibility index (Phi) is 9.49. The molecule has 0 radical (unpaired) electrons. The first-order chi connectivity index (χ1) is 15.2. The molecule has 1 aromatic rings. The van der Waals surface area contributed by atoms with E-state index in [4.69, 9.17) is 9.47 Å². The Bertz CT molecular complexity index is 796. The van der Waals surface area contributed by atoms with Crippen LogP contribution >= 0.6 is 0 Å². The van der Waals surface area contributed by atoms with Crippen molar-refractivity contribution >= 4 is 23.9 Å². The highest BCUT2D eigenvalue weighted by atomic mass is 16.6. The summed E-state index contributed by atoms with van der Waals surface area (Å²) >= 11 is 0. The number of hydrogen-bond donors (Lipinski definition) is 1. The van der Waals surface area contributed by atoms with Crippen LogP contribution < -0.4 is 5.32 Å². The van der Waals surface area contributed by atoms with Gasteiger partial charge < -0.3 is 24.6 Å². The van der Waals surface area contributed by atoms with Gasteiger partial charge >= 0.3 is 18.1 Å². The Morgan fingerprint density at radius 2 is 1.66 bits per heavy atom. The van der Waals surface area contributed by atoms with Gasteiger partial charge in [0.1, 0.15) is 11.4 Å². The number of ether oxygens (including phenoxy) is 2. The quantitative estimate of drug-likeness (QED) is 0.312. The first-order valence-electron chi connectivity index (χ1n) is 11.0. The zero-order valence-corrected chi connectivity index (χ0v) is 19.4. The lowest BCUT2D eigenvalue weighted by molar-refractivity contribution is -0.143. The molecule has 0 spiro atoms. The van der Waals surface area contributed by atoms with E-state index in [9.17, 15) is 14.4 Å². The molecule has 1 heterocycles. The molecule has 9 heteroatoms. The number of nitrogens with one attached hydrogen (secondary N) is 1. The lowest BCUT2D eigenvalue weighted by Crippen LogP contribution is -2.52. The van der Waals surface area contributed by atoms with Gasteiger partial charge in [0.15, 0.2) is 0 Å². The van der Waals surface area contributed by atoms with Crippen molar-refractivity contribution in [3.63, 3.8) is 0 Å². The predicted octanol–water partition coefficient (Wildman–Crippen LogP) is 3.04. The fourth-order valence-electron chi connectivity index (χ4n) is 3.13. The van der Waals surface area contributed by atoms with Crippen LogP contribution in [0.5, 0.6) is 0 Å². The average molecular weight is 447 g/mol. The summed E-state index contributed by atoms with van der Waals surface area (Å²) in [5.74, 6) is 0.274.